The van der Waals surface area contributed by atoms with Crippen LogP contribution in [0.15, 0.2) is 34.5 Å². The number of rotatable bonds is 8. The van der Waals surface area contributed by atoms with Crippen LogP contribution in [-0.2, 0) is 9.53 Å². The number of hydrogen-bond donors (Lipinski definition) is 1. The smallest absolute Gasteiger partial charge is 0.410 e. The van der Waals surface area contributed by atoms with Crippen LogP contribution in [0.1, 0.15) is 64.4 Å². The molecule has 0 bridgehead atoms. The largest absolute Gasteiger partial charge is 0.444 e. The van der Waals surface area contributed by atoms with E-state index in [1.807, 2.05) is 20.8 Å². The molecule has 0 aromatic heterocycles. The first kappa shape index (κ1) is 24.7. The topological polar surface area (TPSA) is 83.4 Å². The van der Waals surface area contributed by atoms with Crippen molar-refractivity contribution in [3.63, 3.8) is 0 Å². The van der Waals surface area contributed by atoms with Gasteiger partial charge in [-0.1, -0.05) is 12.1 Å². The number of benzene rings is 1. The quantitative estimate of drug-likeness (QED) is 0.579. The molecule has 0 aliphatic carbocycles. The Labute approximate surface area is 195 Å². The summed E-state index contributed by atoms with van der Waals surface area (Å²) < 4.78 is 19.0. The first-order chi connectivity index (χ1) is 15.6. The molecule has 1 aromatic rings. The van der Waals surface area contributed by atoms with E-state index < -0.39 is 11.3 Å². The van der Waals surface area contributed by atoms with Crippen LogP contribution < -0.4 is 5.32 Å². The van der Waals surface area contributed by atoms with Gasteiger partial charge in [-0.3, -0.25) is 4.79 Å². The maximum absolute atomic E-state index is 13.4. The van der Waals surface area contributed by atoms with Crippen LogP contribution in [0.4, 0.5) is 9.18 Å². The van der Waals surface area contributed by atoms with Gasteiger partial charge in [0.1, 0.15) is 11.4 Å². The first-order valence-corrected chi connectivity index (χ1v) is 11.5. The maximum Gasteiger partial charge on any atom is 0.410 e. The molecule has 2 aliphatic heterocycles. The lowest BCUT2D eigenvalue weighted by Gasteiger charge is -2.39. The summed E-state index contributed by atoms with van der Waals surface area (Å²) in [6.07, 6.45) is 7.75. The van der Waals surface area contributed by atoms with Gasteiger partial charge in [0.25, 0.3) is 0 Å². The number of ether oxygens (including phenoxy) is 1. The Kier molecular flexibility index (Phi) is 7.72. The fourth-order valence-electron chi connectivity index (χ4n) is 4.20. The number of hydrogen-bond acceptors (Lipinski definition) is 5. The molecule has 3 rings (SSSR count). The summed E-state index contributed by atoms with van der Waals surface area (Å²) in [5.74, 6) is 2.29. The van der Waals surface area contributed by atoms with Crippen LogP contribution in [-0.4, -0.2) is 47.8 Å². The third kappa shape index (κ3) is 7.28. The summed E-state index contributed by atoms with van der Waals surface area (Å²) >= 11 is 0. The van der Waals surface area contributed by atoms with Crippen molar-refractivity contribution in [2.24, 2.45) is 16.1 Å². The second kappa shape index (κ2) is 10.3. The fraction of sp³-hybridized carbons (Fsp3) is 0.600. The van der Waals surface area contributed by atoms with Crippen molar-refractivity contribution in [1.82, 2.24) is 10.2 Å². The predicted molar refractivity (Wildman–Crippen MR) is 123 cm³/mol. The van der Waals surface area contributed by atoms with Gasteiger partial charge in [0.15, 0.2) is 5.66 Å². The van der Waals surface area contributed by atoms with Crippen molar-refractivity contribution < 1.29 is 18.7 Å². The minimum atomic E-state index is -0.580. The Morgan fingerprint density at radius 3 is 2.58 bits per heavy atom. The van der Waals surface area contributed by atoms with Crippen molar-refractivity contribution in [3.8, 4) is 12.3 Å². The second-order valence-electron chi connectivity index (χ2n) is 9.82. The Hall–Kier alpha value is -2.95. The zero-order chi connectivity index (χ0) is 24.1. The number of nitrogens with zero attached hydrogens (tertiary/aromatic N) is 3. The molecule has 2 amide bonds. The molecule has 0 radical (unpaired) electrons. The number of carbonyl (C=O) groups is 2. The van der Waals surface area contributed by atoms with Crippen LogP contribution in [0.2, 0.25) is 0 Å². The monoisotopic (exact) mass is 456 g/mol. The number of terminal acetylenes is 1. The minimum Gasteiger partial charge on any atom is -0.444 e. The van der Waals surface area contributed by atoms with Crippen LogP contribution in [0.3, 0.4) is 0 Å². The van der Waals surface area contributed by atoms with Gasteiger partial charge in [-0.2, -0.15) is 10.2 Å². The van der Waals surface area contributed by atoms with Gasteiger partial charge in [0.2, 0.25) is 5.91 Å². The summed E-state index contributed by atoms with van der Waals surface area (Å²) in [6, 6.07) is 6.46. The fourth-order valence-corrected chi connectivity index (χ4v) is 4.20. The van der Waals surface area contributed by atoms with E-state index in [2.05, 4.69) is 21.5 Å². The Morgan fingerprint density at radius 2 is 1.97 bits per heavy atom. The summed E-state index contributed by atoms with van der Waals surface area (Å²) in [6.45, 7) is 6.91. The molecular formula is C25H33FN4O3. The van der Waals surface area contributed by atoms with Gasteiger partial charge in [-0.05, 0) is 50.8 Å². The molecule has 8 heteroatoms. The second-order valence-corrected chi connectivity index (χ2v) is 9.82. The van der Waals surface area contributed by atoms with E-state index in [9.17, 15) is 14.0 Å². The molecule has 1 fully saturated rings. The summed E-state index contributed by atoms with van der Waals surface area (Å²) in [5, 5.41) is 11.2. The van der Waals surface area contributed by atoms with Gasteiger partial charge in [0.05, 0.1) is 0 Å². The van der Waals surface area contributed by atoms with Crippen LogP contribution in [0, 0.1) is 24.1 Å². The van der Waals surface area contributed by atoms with Crippen LogP contribution in [0.5, 0.6) is 0 Å². The van der Waals surface area contributed by atoms with Gasteiger partial charge < -0.3 is 15.0 Å². The molecule has 33 heavy (non-hydrogen) atoms. The van der Waals surface area contributed by atoms with E-state index in [1.54, 1.807) is 17.0 Å². The van der Waals surface area contributed by atoms with Gasteiger partial charge in [-0.15, -0.1) is 12.3 Å². The van der Waals surface area contributed by atoms with Crippen molar-refractivity contribution >= 4 is 12.0 Å². The average molecular weight is 457 g/mol. The zero-order valence-corrected chi connectivity index (χ0v) is 19.6. The Morgan fingerprint density at radius 1 is 1.27 bits per heavy atom. The minimum absolute atomic E-state index is 0.0219. The van der Waals surface area contributed by atoms with E-state index in [1.165, 1.54) is 12.1 Å². The molecule has 2 atom stereocenters. The molecule has 2 aliphatic rings. The molecule has 0 unspecified atom stereocenters. The molecular weight excluding hydrogens is 423 g/mol. The SMILES string of the molecule is C#CCCC1(CCC(=O)NC[C@@H]2CN(C(=O)OC(C)(C)C)CC[C@@H]2c2ccc(F)cc2)N=N1. The van der Waals surface area contributed by atoms with E-state index in [0.717, 1.165) is 5.56 Å². The lowest BCUT2D eigenvalue weighted by atomic mass is 9.80. The molecule has 0 saturated carbocycles. The zero-order valence-electron chi connectivity index (χ0n) is 19.6. The third-order valence-corrected chi connectivity index (χ3v) is 6.05. The number of carbonyl (C=O) groups excluding carboxylic acids is 2. The predicted octanol–water partition coefficient (Wildman–Crippen LogP) is 4.64. The number of nitrogens with one attached hydrogen (secondary N) is 1. The molecule has 2 heterocycles. The molecule has 1 aromatic carbocycles. The van der Waals surface area contributed by atoms with Gasteiger partial charge >= 0.3 is 6.09 Å². The standard InChI is InChI=1S/C25H33FN4O3/c1-5-6-13-25(28-29-25)14-11-22(31)27-16-19-17-30(23(32)33-24(2,3)4)15-12-21(19)18-7-9-20(26)10-8-18/h1,7-10,19,21H,6,11-17H2,2-4H3,(H,27,31)/t19-,21-/m1/s1. The van der Waals surface area contributed by atoms with E-state index in [-0.39, 0.29) is 29.7 Å². The molecule has 1 N–H and O–H groups in total. The third-order valence-electron chi connectivity index (χ3n) is 6.05. The van der Waals surface area contributed by atoms with Crippen molar-refractivity contribution in [2.45, 2.75) is 70.1 Å². The number of amides is 2. The normalized spacial score (nSPS) is 21.2. The van der Waals surface area contributed by atoms with Gasteiger partial charge in [-0.25, -0.2) is 9.18 Å². The van der Waals surface area contributed by atoms with E-state index in [4.69, 9.17) is 11.2 Å². The highest BCUT2D eigenvalue weighted by Gasteiger charge is 2.39. The lowest BCUT2D eigenvalue weighted by molar-refractivity contribution is -0.121. The van der Waals surface area contributed by atoms with Crippen molar-refractivity contribution in [3.05, 3.63) is 35.6 Å². The van der Waals surface area contributed by atoms with E-state index in [0.29, 0.717) is 51.7 Å². The highest BCUT2D eigenvalue weighted by atomic mass is 19.1. The summed E-state index contributed by atoms with van der Waals surface area (Å²) in [7, 11) is 0. The van der Waals surface area contributed by atoms with E-state index >= 15 is 0 Å². The average Bonchev–Trinajstić information content (AvgIpc) is 3.54. The molecule has 178 valence electrons. The Bertz CT molecular complexity index is 911. The molecule has 7 nitrogen and oxygen atoms in total. The number of likely N-dealkylation sites (tertiary alicyclic amines) is 1. The highest BCUT2D eigenvalue weighted by molar-refractivity contribution is 5.76. The molecule has 0 spiro atoms. The van der Waals surface area contributed by atoms with Crippen LogP contribution in [0.25, 0.3) is 0 Å². The summed E-state index contributed by atoms with van der Waals surface area (Å²) in [4.78, 5) is 26.9. The van der Waals surface area contributed by atoms with Crippen LogP contribution >= 0.6 is 0 Å². The van der Waals surface area contributed by atoms with Gasteiger partial charge in [0, 0.05) is 51.2 Å². The summed E-state index contributed by atoms with van der Waals surface area (Å²) in [5.41, 5.74) is -0.0648. The number of piperidine rings is 1. The number of halogens is 1. The highest BCUT2D eigenvalue weighted by Crippen LogP contribution is 2.37. The van der Waals surface area contributed by atoms with Crippen molar-refractivity contribution in [2.75, 3.05) is 19.6 Å². The molecule has 1 saturated heterocycles. The first-order valence-electron chi connectivity index (χ1n) is 11.5. The van der Waals surface area contributed by atoms with Crippen molar-refractivity contribution in [1.29, 1.82) is 0 Å². The lowest BCUT2D eigenvalue weighted by Crippen LogP contribution is -2.48. The maximum atomic E-state index is 13.4. The Balaban J connectivity index is 1.60.